The van der Waals surface area contributed by atoms with Crippen molar-refractivity contribution in [2.45, 2.75) is 98.4 Å². The lowest BCUT2D eigenvalue weighted by atomic mass is 9.89. The average molecular weight is 667 g/mol. The quantitative estimate of drug-likeness (QED) is 0.133. The Morgan fingerprint density at radius 1 is 0.896 bits per heavy atom. The molecule has 4 nitrogen and oxygen atoms in total. The van der Waals surface area contributed by atoms with Gasteiger partial charge in [0.15, 0.2) is 0 Å². The number of para-hydroxylation sites is 1. The zero-order chi connectivity index (χ0) is 34.9. The van der Waals surface area contributed by atoms with Crippen molar-refractivity contribution >= 4 is 10.9 Å². The van der Waals surface area contributed by atoms with Crippen LogP contribution in [0.4, 0.5) is 13.2 Å². The standard InChI is InChI=1S/C16H23N.C14H19F2NO.C11H15FO/c1-4-5-9-16-14(11-12(2)3)13-8-6-7-10-15(13)17-16;1-2-3-4-17-8-11(9-17)14(18)10-5-12(15)7-13(16)6-10;1-2-11(12)9-13-8-10-6-4-3-5-7-10/h6-8,10,12,17H,4-5,9,11H2,1-3H3;5-7,11,14,18H,2-4,8-9H2,1H3;3-7,11H,2,8-9H2,1H3. The molecule has 4 aromatic rings. The molecular formula is C41H57F3N2O2. The van der Waals surface area contributed by atoms with E-state index in [-0.39, 0.29) is 12.5 Å². The van der Waals surface area contributed by atoms with E-state index in [9.17, 15) is 18.3 Å². The van der Waals surface area contributed by atoms with Crippen molar-refractivity contribution in [2.75, 3.05) is 26.2 Å². The Hall–Kier alpha value is -3.13. The maximum absolute atomic E-state index is 13.1. The molecule has 48 heavy (non-hydrogen) atoms. The van der Waals surface area contributed by atoms with Gasteiger partial charge in [0.05, 0.1) is 19.3 Å². The Balaban J connectivity index is 0.000000198. The van der Waals surface area contributed by atoms with Gasteiger partial charge in [-0.05, 0) is 79.5 Å². The normalized spacial score (nSPS) is 14.5. The monoisotopic (exact) mass is 666 g/mol. The van der Waals surface area contributed by atoms with Crippen LogP contribution in [0.5, 0.6) is 0 Å². The molecule has 0 spiro atoms. The topological polar surface area (TPSA) is 48.5 Å². The highest BCUT2D eigenvalue weighted by Crippen LogP contribution is 2.31. The minimum absolute atomic E-state index is 0.0862. The van der Waals surface area contributed by atoms with Crippen LogP contribution in [0.1, 0.15) is 95.2 Å². The van der Waals surface area contributed by atoms with Crippen LogP contribution in [0.2, 0.25) is 0 Å². The van der Waals surface area contributed by atoms with Crippen LogP contribution in [0.3, 0.4) is 0 Å². The van der Waals surface area contributed by atoms with Gasteiger partial charge in [0.25, 0.3) is 0 Å². The first-order valence-corrected chi connectivity index (χ1v) is 17.9. The largest absolute Gasteiger partial charge is 0.388 e. The van der Waals surface area contributed by atoms with E-state index >= 15 is 0 Å². The van der Waals surface area contributed by atoms with Crippen LogP contribution in [0.25, 0.3) is 10.9 Å². The molecule has 2 heterocycles. The van der Waals surface area contributed by atoms with Gasteiger partial charge in [0.1, 0.15) is 17.8 Å². The molecule has 1 aliphatic rings. The molecule has 0 radical (unpaired) electrons. The van der Waals surface area contributed by atoms with Gasteiger partial charge in [-0.15, -0.1) is 0 Å². The molecule has 0 bridgehead atoms. The average Bonchev–Trinajstić information content (AvgIpc) is 3.39. The van der Waals surface area contributed by atoms with Gasteiger partial charge in [-0.1, -0.05) is 96.0 Å². The first-order chi connectivity index (χ1) is 23.1. The molecule has 0 aliphatic carbocycles. The van der Waals surface area contributed by atoms with Gasteiger partial charge in [-0.2, -0.15) is 0 Å². The molecule has 0 amide bonds. The highest BCUT2D eigenvalue weighted by atomic mass is 19.1. The summed E-state index contributed by atoms with van der Waals surface area (Å²) in [6.07, 6.45) is 6.13. The number of unbranched alkanes of at least 4 members (excludes halogenated alkanes) is 2. The van der Waals surface area contributed by atoms with Gasteiger partial charge in [0, 0.05) is 41.7 Å². The predicted octanol–water partition coefficient (Wildman–Crippen LogP) is 10.4. The van der Waals surface area contributed by atoms with Crippen molar-refractivity contribution in [1.82, 2.24) is 9.88 Å². The third-order valence-electron chi connectivity index (χ3n) is 8.63. The van der Waals surface area contributed by atoms with Crippen LogP contribution in [0.15, 0.2) is 72.8 Å². The summed E-state index contributed by atoms with van der Waals surface area (Å²) in [7, 11) is 0. The number of H-pyrrole nitrogens is 1. The highest BCUT2D eigenvalue weighted by molar-refractivity contribution is 5.84. The number of aliphatic hydroxyl groups is 1. The number of benzene rings is 3. The summed E-state index contributed by atoms with van der Waals surface area (Å²) in [4.78, 5) is 5.86. The second kappa shape index (κ2) is 21.1. The summed E-state index contributed by atoms with van der Waals surface area (Å²) in [6.45, 7) is 14.2. The van der Waals surface area contributed by atoms with E-state index < -0.39 is 23.9 Å². The molecule has 1 saturated heterocycles. The van der Waals surface area contributed by atoms with E-state index in [0.29, 0.717) is 18.6 Å². The van der Waals surface area contributed by atoms with Crippen LogP contribution in [-0.4, -0.2) is 47.4 Å². The van der Waals surface area contributed by atoms with Crippen molar-refractivity contribution in [3.8, 4) is 0 Å². The van der Waals surface area contributed by atoms with Gasteiger partial charge >= 0.3 is 0 Å². The summed E-state index contributed by atoms with van der Waals surface area (Å²) >= 11 is 0. The number of aliphatic hydroxyl groups excluding tert-OH is 1. The van der Waals surface area contributed by atoms with Gasteiger partial charge in [-0.3, -0.25) is 0 Å². The summed E-state index contributed by atoms with van der Waals surface area (Å²) in [6, 6.07) is 21.7. The number of aromatic nitrogens is 1. The lowest BCUT2D eigenvalue weighted by Crippen LogP contribution is -2.49. The highest BCUT2D eigenvalue weighted by Gasteiger charge is 2.33. The number of aromatic amines is 1. The van der Waals surface area contributed by atoms with Crippen molar-refractivity contribution in [1.29, 1.82) is 0 Å². The Morgan fingerprint density at radius 2 is 1.54 bits per heavy atom. The minimum atomic E-state index is -0.830. The molecule has 264 valence electrons. The number of halogens is 3. The van der Waals surface area contributed by atoms with Crippen LogP contribution in [0, 0.1) is 23.5 Å². The van der Waals surface area contributed by atoms with Gasteiger partial charge in [0.2, 0.25) is 0 Å². The number of hydrogen-bond donors (Lipinski definition) is 2. The van der Waals surface area contributed by atoms with E-state index in [4.69, 9.17) is 4.74 Å². The number of aryl methyl sites for hydroxylation is 1. The molecule has 2 N–H and O–H groups in total. The number of ether oxygens (including phenoxy) is 1. The van der Waals surface area contributed by atoms with E-state index in [1.54, 1.807) is 5.56 Å². The molecular weight excluding hydrogens is 609 g/mol. The summed E-state index contributed by atoms with van der Waals surface area (Å²) in [5.74, 6) is -0.463. The smallest absolute Gasteiger partial charge is 0.126 e. The zero-order valence-corrected chi connectivity index (χ0v) is 29.7. The van der Waals surface area contributed by atoms with Crippen molar-refractivity contribution in [3.05, 3.63) is 107 Å². The molecule has 7 heteroatoms. The number of rotatable bonds is 15. The van der Waals surface area contributed by atoms with Crippen molar-refractivity contribution < 1.29 is 23.0 Å². The van der Waals surface area contributed by atoms with Crippen molar-refractivity contribution in [3.63, 3.8) is 0 Å². The number of alkyl halides is 1. The SMILES string of the molecule is CCC(F)COCc1ccccc1.CCCCN1CC(C(O)c2cc(F)cc(F)c2)C1.CCCCc1[nH]c2ccccc2c1CC(C)C. The van der Waals surface area contributed by atoms with Crippen LogP contribution < -0.4 is 0 Å². The maximum atomic E-state index is 13.1. The summed E-state index contributed by atoms with van der Waals surface area (Å²) in [5.41, 5.74) is 5.73. The minimum Gasteiger partial charge on any atom is -0.388 e. The molecule has 1 aromatic heterocycles. The number of nitrogens with one attached hydrogen (secondary N) is 1. The lowest BCUT2D eigenvalue weighted by molar-refractivity contribution is -0.00576. The molecule has 2 unspecified atom stereocenters. The Bertz CT molecular complexity index is 1430. The molecule has 3 aromatic carbocycles. The molecule has 1 fully saturated rings. The second-order valence-corrected chi connectivity index (χ2v) is 13.4. The summed E-state index contributed by atoms with van der Waals surface area (Å²) < 4.78 is 44.0. The van der Waals surface area contributed by atoms with E-state index in [2.05, 4.69) is 61.8 Å². The first kappa shape index (κ1) is 39.3. The van der Waals surface area contributed by atoms with E-state index in [1.165, 1.54) is 54.4 Å². The fourth-order valence-electron chi connectivity index (χ4n) is 5.85. The molecule has 5 rings (SSSR count). The molecule has 1 aliphatic heterocycles. The molecule has 0 saturated carbocycles. The summed E-state index contributed by atoms with van der Waals surface area (Å²) in [5, 5.41) is 11.5. The Morgan fingerprint density at radius 3 is 2.17 bits per heavy atom. The van der Waals surface area contributed by atoms with Gasteiger partial charge in [-0.25, -0.2) is 13.2 Å². The third kappa shape index (κ3) is 13.1. The number of hydrogen-bond acceptors (Lipinski definition) is 3. The van der Waals surface area contributed by atoms with Crippen LogP contribution >= 0.6 is 0 Å². The predicted molar refractivity (Wildman–Crippen MR) is 193 cm³/mol. The number of fused-ring (bicyclic) bond motifs is 1. The first-order valence-electron chi connectivity index (χ1n) is 17.9. The zero-order valence-electron chi connectivity index (χ0n) is 29.7. The van der Waals surface area contributed by atoms with E-state index in [1.807, 2.05) is 37.3 Å². The lowest BCUT2D eigenvalue weighted by Gasteiger charge is -2.41. The van der Waals surface area contributed by atoms with Crippen LogP contribution in [-0.2, 0) is 24.2 Å². The van der Waals surface area contributed by atoms with E-state index in [0.717, 1.165) is 50.0 Å². The Labute approximate surface area is 286 Å². The van der Waals surface area contributed by atoms with Gasteiger partial charge < -0.3 is 19.7 Å². The maximum Gasteiger partial charge on any atom is 0.126 e. The fourth-order valence-corrected chi connectivity index (χ4v) is 5.85. The Kier molecular flexibility index (Phi) is 17.2. The second-order valence-electron chi connectivity index (χ2n) is 13.4. The fraction of sp³-hybridized carbons (Fsp3) is 0.512. The number of likely N-dealkylation sites (tertiary alicyclic amines) is 1. The molecule has 2 atom stereocenters. The third-order valence-corrected chi connectivity index (χ3v) is 8.63. The number of nitrogens with zero attached hydrogens (tertiary/aromatic N) is 1. The van der Waals surface area contributed by atoms with Crippen molar-refractivity contribution in [2.24, 2.45) is 11.8 Å².